The van der Waals surface area contributed by atoms with E-state index in [1.807, 2.05) is 0 Å². The van der Waals surface area contributed by atoms with Crippen LogP contribution in [0.15, 0.2) is 11.6 Å². The Labute approximate surface area is 97.2 Å². The van der Waals surface area contributed by atoms with Crippen LogP contribution in [0.5, 0.6) is 0 Å². The zero-order valence-corrected chi connectivity index (χ0v) is 10.00. The van der Waals surface area contributed by atoms with Crippen molar-refractivity contribution in [2.45, 2.75) is 44.6 Å². The number of carbonyl (C=O) groups is 1. The molecule has 0 amide bonds. The molecule has 0 spiro atoms. The fourth-order valence-electron chi connectivity index (χ4n) is 2.83. The van der Waals surface area contributed by atoms with Gasteiger partial charge in [0.25, 0.3) is 0 Å². The Hall–Kier alpha value is -0.830. The molecule has 0 radical (unpaired) electrons. The van der Waals surface area contributed by atoms with E-state index in [9.17, 15) is 4.79 Å². The highest BCUT2D eigenvalue weighted by Crippen LogP contribution is 2.29. The van der Waals surface area contributed by atoms with Crippen molar-refractivity contribution in [3.8, 4) is 0 Å². The van der Waals surface area contributed by atoms with E-state index in [1.165, 1.54) is 39.2 Å². The first-order valence-electron chi connectivity index (χ1n) is 6.33. The molecule has 3 nitrogen and oxygen atoms in total. The van der Waals surface area contributed by atoms with Crippen LogP contribution in [0.3, 0.4) is 0 Å². The van der Waals surface area contributed by atoms with Crippen molar-refractivity contribution < 1.29 is 9.53 Å². The first-order chi connectivity index (χ1) is 7.81. The van der Waals surface area contributed by atoms with E-state index in [0.29, 0.717) is 12.0 Å². The molecule has 1 aliphatic heterocycles. The number of carbonyl (C=O) groups excluding carboxylic acids is 1. The van der Waals surface area contributed by atoms with Crippen LogP contribution in [-0.2, 0) is 9.53 Å². The van der Waals surface area contributed by atoms with Crippen molar-refractivity contribution in [2.75, 3.05) is 13.7 Å². The van der Waals surface area contributed by atoms with Gasteiger partial charge in [0.1, 0.15) is 0 Å². The van der Waals surface area contributed by atoms with E-state index >= 15 is 0 Å². The first-order valence-corrected chi connectivity index (χ1v) is 6.33. The van der Waals surface area contributed by atoms with Gasteiger partial charge < -0.3 is 10.1 Å². The largest absolute Gasteiger partial charge is 0.466 e. The summed E-state index contributed by atoms with van der Waals surface area (Å²) in [6.45, 7) is 0.905. The second-order valence-corrected chi connectivity index (χ2v) is 4.81. The minimum atomic E-state index is -0.151. The number of methoxy groups -OCH3 is 1. The number of hydrogen-bond donors (Lipinski definition) is 1. The van der Waals surface area contributed by atoms with E-state index < -0.39 is 0 Å². The van der Waals surface area contributed by atoms with Crippen molar-refractivity contribution in [1.29, 1.82) is 0 Å². The second kappa shape index (κ2) is 5.48. The van der Waals surface area contributed by atoms with E-state index in [-0.39, 0.29) is 5.97 Å². The summed E-state index contributed by atoms with van der Waals surface area (Å²) in [5.74, 6) is 0.566. The molecule has 0 aromatic rings. The lowest BCUT2D eigenvalue weighted by atomic mass is 9.82. The molecule has 0 aromatic carbocycles. The summed E-state index contributed by atoms with van der Waals surface area (Å²) in [6, 6.07) is 0.392. The lowest BCUT2D eigenvalue weighted by Crippen LogP contribution is -2.40. The molecule has 1 saturated carbocycles. The Bertz CT molecular complexity index is 280. The molecule has 90 valence electrons. The number of esters is 1. The third kappa shape index (κ3) is 2.64. The summed E-state index contributed by atoms with van der Waals surface area (Å²) < 4.78 is 4.79. The quantitative estimate of drug-likeness (QED) is 0.728. The van der Waals surface area contributed by atoms with Crippen LogP contribution in [0.25, 0.3) is 0 Å². The van der Waals surface area contributed by atoms with Gasteiger partial charge in [0.05, 0.1) is 7.11 Å². The third-order valence-electron chi connectivity index (χ3n) is 3.76. The molecule has 1 N–H and O–H groups in total. The van der Waals surface area contributed by atoms with Crippen LogP contribution < -0.4 is 5.32 Å². The average Bonchev–Trinajstić information content (AvgIpc) is 2.39. The van der Waals surface area contributed by atoms with Crippen LogP contribution in [0, 0.1) is 5.92 Å². The molecule has 0 bridgehead atoms. The third-order valence-corrected chi connectivity index (χ3v) is 3.76. The Balaban J connectivity index is 2.01. The highest BCUT2D eigenvalue weighted by atomic mass is 16.5. The molecule has 1 heterocycles. The summed E-state index contributed by atoms with van der Waals surface area (Å²) >= 11 is 0. The number of rotatable bonds is 2. The van der Waals surface area contributed by atoms with Crippen LogP contribution in [-0.4, -0.2) is 25.7 Å². The number of hydrogen-bond acceptors (Lipinski definition) is 3. The monoisotopic (exact) mass is 223 g/mol. The maximum absolute atomic E-state index is 11.5. The predicted molar refractivity (Wildman–Crippen MR) is 63.1 cm³/mol. The summed E-state index contributed by atoms with van der Waals surface area (Å²) in [6.07, 6.45) is 9.54. The van der Waals surface area contributed by atoms with Gasteiger partial charge in [-0.25, -0.2) is 4.79 Å². The summed E-state index contributed by atoms with van der Waals surface area (Å²) in [5.41, 5.74) is 0.858. The van der Waals surface area contributed by atoms with Crippen LogP contribution in [0.4, 0.5) is 0 Å². The van der Waals surface area contributed by atoms with E-state index in [0.717, 1.165) is 18.5 Å². The minimum Gasteiger partial charge on any atom is -0.466 e. The Morgan fingerprint density at radius 3 is 2.81 bits per heavy atom. The molecule has 1 atom stereocenters. The van der Waals surface area contributed by atoms with Gasteiger partial charge >= 0.3 is 5.97 Å². The molecule has 1 unspecified atom stereocenters. The number of nitrogens with one attached hydrogen (secondary N) is 1. The Morgan fingerprint density at radius 1 is 1.38 bits per heavy atom. The fraction of sp³-hybridized carbons (Fsp3) is 0.769. The average molecular weight is 223 g/mol. The molecule has 16 heavy (non-hydrogen) atoms. The van der Waals surface area contributed by atoms with Gasteiger partial charge in [-0.05, 0) is 31.7 Å². The van der Waals surface area contributed by atoms with Crippen molar-refractivity contribution in [3.05, 3.63) is 11.6 Å². The fourth-order valence-corrected chi connectivity index (χ4v) is 2.83. The van der Waals surface area contributed by atoms with Gasteiger partial charge in [0, 0.05) is 11.6 Å². The summed E-state index contributed by atoms with van der Waals surface area (Å²) in [7, 11) is 1.46. The molecule has 3 heteroatoms. The zero-order valence-electron chi connectivity index (χ0n) is 10.00. The zero-order chi connectivity index (χ0) is 11.4. The van der Waals surface area contributed by atoms with E-state index in [4.69, 9.17) is 4.74 Å². The van der Waals surface area contributed by atoms with Gasteiger partial charge in [-0.3, -0.25) is 0 Å². The normalized spacial score (nSPS) is 27.3. The van der Waals surface area contributed by atoms with Crippen LogP contribution in [0.2, 0.25) is 0 Å². The van der Waals surface area contributed by atoms with Gasteiger partial charge in [0.15, 0.2) is 0 Å². The molecule has 2 rings (SSSR count). The molecule has 1 aliphatic carbocycles. The highest BCUT2D eigenvalue weighted by Gasteiger charge is 2.26. The van der Waals surface area contributed by atoms with Crippen molar-refractivity contribution >= 4 is 5.97 Å². The summed E-state index contributed by atoms with van der Waals surface area (Å²) in [4.78, 5) is 11.5. The number of ether oxygens (including phenoxy) is 1. The van der Waals surface area contributed by atoms with Crippen molar-refractivity contribution in [2.24, 2.45) is 5.92 Å². The lowest BCUT2D eigenvalue weighted by Gasteiger charge is -2.32. The first kappa shape index (κ1) is 11.6. The van der Waals surface area contributed by atoms with E-state index in [1.54, 1.807) is 0 Å². The maximum Gasteiger partial charge on any atom is 0.333 e. The van der Waals surface area contributed by atoms with Gasteiger partial charge in [-0.2, -0.15) is 0 Å². The smallest absolute Gasteiger partial charge is 0.333 e. The predicted octanol–water partition coefficient (Wildman–Crippen LogP) is 2.03. The SMILES string of the molecule is COC(=O)C1=CC(C2CCCCC2)NCC1. The van der Waals surface area contributed by atoms with Gasteiger partial charge in [0.2, 0.25) is 0 Å². The maximum atomic E-state index is 11.5. The molecular formula is C13H21NO2. The molecule has 0 saturated heterocycles. The van der Waals surface area contributed by atoms with Crippen molar-refractivity contribution in [1.82, 2.24) is 5.32 Å². The Morgan fingerprint density at radius 2 is 2.12 bits per heavy atom. The van der Waals surface area contributed by atoms with E-state index in [2.05, 4.69) is 11.4 Å². The van der Waals surface area contributed by atoms with Crippen LogP contribution in [0.1, 0.15) is 38.5 Å². The molecule has 1 fully saturated rings. The lowest BCUT2D eigenvalue weighted by molar-refractivity contribution is -0.136. The standard InChI is InChI=1S/C13H21NO2/c1-16-13(15)11-7-8-14-12(9-11)10-5-3-2-4-6-10/h9-10,12,14H,2-8H2,1H3. The molecule has 2 aliphatic rings. The van der Waals surface area contributed by atoms with Gasteiger partial charge in [-0.1, -0.05) is 25.3 Å². The van der Waals surface area contributed by atoms with Crippen molar-refractivity contribution in [3.63, 3.8) is 0 Å². The highest BCUT2D eigenvalue weighted by molar-refractivity contribution is 5.88. The van der Waals surface area contributed by atoms with Gasteiger partial charge in [-0.15, -0.1) is 0 Å². The second-order valence-electron chi connectivity index (χ2n) is 4.81. The summed E-state index contributed by atoms with van der Waals surface area (Å²) in [5, 5.41) is 3.51. The minimum absolute atomic E-state index is 0.151. The molecule has 0 aromatic heterocycles. The topological polar surface area (TPSA) is 38.3 Å². The van der Waals surface area contributed by atoms with Crippen LogP contribution >= 0.6 is 0 Å². The Kier molecular flexibility index (Phi) is 3.99. The molecular weight excluding hydrogens is 202 g/mol.